The van der Waals surface area contributed by atoms with Crippen LogP contribution >= 0.6 is 11.8 Å². The third-order valence-electron chi connectivity index (χ3n) is 3.89. The molecular formula is C15H21F2NS. The third kappa shape index (κ3) is 4.37. The molecule has 1 aliphatic rings. The largest absolute Gasteiger partial charge is 0.381 e. The summed E-state index contributed by atoms with van der Waals surface area (Å²) >= 11 is 0.623. The first-order valence-corrected chi connectivity index (χ1v) is 7.87. The SMILES string of the molecule is CCC1CCC(Nc2ccccc2SC(F)F)CC1. The van der Waals surface area contributed by atoms with E-state index in [1.165, 1.54) is 19.3 Å². The summed E-state index contributed by atoms with van der Waals surface area (Å²) in [4.78, 5) is 0.648. The molecule has 0 bridgehead atoms. The number of hydrogen-bond acceptors (Lipinski definition) is 2. The summed E-state index contributed by atoms with van der Waals surface area (Å²) in [6.07, 6.45) is 6.04. The van der Waals surface area contributed by atoms with Gasteiger partial charge in [0.05, 0.1) is 0 Å². The molecule has 0 aliphatic heterocycles. The lowest BCUT2D eigenvalue weighted by molar-refractivity contribution is 0.252. The molecule has 0 amide bonds. The van der Waals surface area contributed by atoms with E-state index in [4.69, 9.17) is 0 Å². The molecular weight excluding hydrogens is 264 g/mol. The van der Waals surface area contributed by atoms with Gasteiger partial charge in [-0.25, -0.2) is 0 Å². The average molecular weight is 285 g/mol. The smallest absolute Gasteiger partial charge is 0.288 e. The Morgan fingerprint density at radius 1 is 1.21 bits per heavy atom. The van der Waals surface area contributed by atoms with Gasteiger partial charge in [-0.15, -0.1) is 0 Å². The molecule has 1 aromatic carbocycles. The van der Waals surface area contributed by atoms with Crippen molar-refractivity contribution >= 4 is 17.4 Å². The van der Waals surface area contributed by atoms with Crippen LogP contribution in [-0.2, 0) is 0 Å². The fourth-order valence-corrected chi connectivity index (χ4v) is 3.32. The number of hydrogen-bond donors (Lipinski definition) is 1. The van der Waals surface area contributed by atoms with Crippen LogP contribution in [0.4, 0.5) is 14.5 Å². The van der Waals surface area contributed by atoms with Gasteiger partial charge in [-0.1, -0.05) is 37.2 Å². The van der Waals surface area contributed by atoms with Crippen LogP contribution in [0.3, 0.4) is 0 Å². The van der Waals surface area contributed by atoms with Crippen LogP contribution in [0, 0.1) is 5.92 Å². The highest BCUT2D eigenvalue weighted by Gasteiger charge is 2.20. The quantitative estimate of drug-likeness (QED) is 0.729. The Morgan fingerprint density at radius 3 is 2.53 bits per heavy atom. The summed E-state index contributed by atoms with van der Waals surface area (Å²) in [5.74, 6) is -1.51. The predicted molar refractivity (Wildman–Crippen MR) is 78.0 cm³/mol. The highest BCUT2D eigenvalue weighted by molar-refractivity contribution is 7.99. The fraction of sp³-hybridized carbons (Fsp3) is 0.600. The van der Waals surface area contributed by atoms with E-state index >= 15 is 0 Å². The lowest BCUT2D eigenvalue weighted by Gasteiger charge is -2.29. The number of para-hydroxylation sites is 1. The lowest BCUT2D eigenvalue weighted by Crippen LogP contribution is -2.26. The van der Waals surface area contributed by atoms with Crippen LogP contribution < -0.4 is 5.32 Å². The summed E-state index contributed by atoms with van der Waals surface area (Å²) in [5, 5.41) is 3.45. The van der Waals surface area contributed by atoms with Gasteiger partial charge in [-0.05, 0) is 43.7 Å². The molecule has 19 heavy (non-hydrogen) atoms. The lowest BCUT2D eigenvalue weighted by atomic mass is 9.84. The number of thioether (sulfide) groups is 1. The van der Waals surface area contributed by atoms with E-state index in [2.05, 4.69) is 12.2 Å². The van der Waals surface area contributed by atoms with Crippen molar-refractivity contribution in [2.75, 3.05) is 5.32 Å². The molecule has 1 saturated carbocycles. The maximum atomic E-state index is 12.5. The second-order valence-electron chi connectivity index (χ2n) is 5.14. The Balaban J connectivity index is 1.95. The van der Waals surface area contributed by atoms with Crippen molar-refractivity contribution < 1.29 is 8.78 Å². The van der Waals surface area contributed by atoms with Crippen LogP contribution in [0.15, 0.2) is 29.2 Å². The van der Waals surface area contributed by atoms with Crippen molar-refractivity contribution in [3.8, 4) is 0 Å². The first-order valence-electron chi connectivity index (χ1n) is 6.99. The molecule has 0 unspecified atom stereocenters. The zero-order chi connectivity index (χ0) is 13.7. The summed E-state index contributed by atoms with van der Waals surface area (Å²) in [6.45, 7) is 2.24. The van der Waals surface area contributed by atoms with Gasteiger partial charge in [-0.3, -0.25) is 0 Å². The minimum atomic E-state index is -2.36. The van der Waals surface area contributed by atoms with Gasteiger partial charge in [0, 0.05) is 16.6 Å². The van der Waals surface area contributed by atoms with Crippen LogP contribution in [0.5, 0.6) is 0 Å². The van der Waals surface area contributed by atoms with E-state index in [1.54, 1.807) is 6.07 Å². The highest BCUT2D eigenvalue weighted by Crippen LogP contribution is 2.34. The number of anilines is 1. The Hall–Kier alpha value is -0.770. The van der Waals surface area contributed by atoms with Gasteiger partial charge in [0.15, 0.2) is 0 Å². The minimum Gasteiger partial charge on any atom is -0.381 e. The van der Waals surface area contributed by atoms with Crippen molar-refractivity contribution in [2.45, 2.75) is 55.7 Å². The first-order chi connectivity index (χ1) is 9.19. The highest BCUT2D eigenvalue weighted by atomic mass is 32.2. The van der Waals surface area contributed by atoms with Crippen molar-refractivity contribution in [3.05, 3.63) is 24.3 Å². The van der Waals surface area contributed by atoms with Crippen LogP contribution in [0.1, 0.15) is 39.0 Å². The fourth-order valence-electron chi connectivity index (χ4n) is 2.72. The molecule has 4 heteroatoms. The van der Waals surface area contributed by atoms with Gasteiger partial charge < -0.3 is 5.32 Å². The monoisotopic (exact) mass is 285 g/mol. The molecule has 0 spiro atoms. The number of halogens is 2. The van der Waals surface area contributed by atoms with Gasteiger partial charge >= 0.3 is 0 Å². The van der Waals surface area contributed by atoms with E-state index in [-0.39, 0.29) is 0 Å². The molecule has 1 aromatic rings. The predicted octanol–water partition coefficient (Wildman–Crippen LogP) is 5.38. The zero-order valence-corrected chi connectivity index (χ0v) is 12.1. The first kappa shape index (κ1) is 14.6. The minimum absolute atomic E-state index is 0.433. The Kier molecular flexibility index (Phi) is 5.49. The molecule has 0 aromatic heterocycles. The van der Waals surface area contributed by atoms with Gasteiger partial charge in [0.25, 0.3) is 5.76 Å². The molecule has 1 aliphatic carbocycles. The second-order valence-corrected chi connectivity index (χ2v) is 6.18. The topological polar surface area (TPSA) is 12.0 Å². The second kappa shape index (κ2) is 7.13. The molecule has 0 radical (unpaired) electrons. The molecule has 0 atom stereocenters. The Labute approximate surface area is 118 Å². The van der Waals surface area contributed by atoms with Crippen molar-refractivity contribution in [1.82, 2.24) is 0 Å². The number of benzene rings is 1. The number of alkyl halides is 2. The van der Waals surface area contributed by atoms with Gasteiger partial charge in [0.2, 0.25) is 0 Å². The van der Waals surface area contributed by atoms with Gasteiger partial charge in [0.1, 0.15) is 0 Å². The third-order valence-corrected chi connectivity index (χ3v) is 4.67. The summed E-state index contributed by atoms with van der Waals surface area (Å²) in [7, 11) is 0. The standard InChI is InChI=1S/C15H21F2NS/c1-2-11-7-9-12(10-8-11)18-13-5-3-4-6-14(13)19-15(16)17/h3-6,11-12,15,18H,2,7-10H2,1H3. The van der Waals surface area contributed by atoms with E-state index in [9.17, 15) is 8.78 Å². The zero-order valence-electron chi connectivity index (χ0n) is 11.2. The Morgan fingerprint density at radius 2 is 1.89 bits per heavy atom. The van der Waals surface area contributed by atoms with E-state index < -0.39 is 5.76 Å². The van der Waals surface area contributed by atoms with Crippen LogP contribution in [0.2, 0.25) is 0 Å². The summed E-state index contributed by atoms with van der Waals surface area (Å²) in [6, 6.07) is 7.80. The van der Waals surface area contributed by atoms with Crippen LogP contribution in [-0.4, -0.2) is 11.8 Å². The molecule has 1 N–H and O–H groups in total. The van der Waals surface area contributed by atoms with Crippen molar-refractivity contribution in [3.63, 3.8) is 0 Å². The average Bonchev–Trinajstić information content (AvgIpc) is 2.41. The van der Waals surface area contributed by atoms with E-state index in [0.717, 1.165) is 24.4 Å². The van der Waals surface area contributed by atoms with Gasteiger partial charge in [-0.2, -0.15) is 8.78 Å². The van der Waals surface area contributed by atoms with Crippen molar-refractivity contribution in [1.29, 1.82) is 0 Å². The Bertz CT molecular complexity index is 389. The summed E-state index contributed by atoms with van der Waals surface area (Å²) < 4.78 is 25.0. The molecule has 106 valence electrons. The molecule has 1 fully saturated rings. The maximum Gasteiger partial charge on any atom is 0.288 e. The normalized spacial score (nSPS) is 23.6. The van der Waals surface area contributed by atoms with E-state index in [0.29, 0.717) is 22.7 Å². The number of nitrogens with one attached hydrogen (secondary N) is 1. The van der Waals surface area contributed by atoms with E-state index in [1.807, 2.05) is 18.2 Å². The molecule has 0 saturated heterocycles. The van der Waals surface area contributed by atoms with Crippen molar-refractivity contribution in [2.24, 2.45) is 5.92 Å². The molecule has 0 heterocycles. The molecule has 1 nitrogen and oxygen atoms in total. The van der Waals surface area contributed by atoms with Crippen LogP contribution in [0.25, 0.3) is 0 Å². The summed E-state index contributed by atoms with van der Waals surface area (Å²) in [5.41, 5.74) is 0.854. The molecule has 2 rings (SSSR count). The maximum absolute atomic E-state index is 12.5. The number of rotatable bonds is 5.